The molecule has 0 N–H and O–H groups in total. The average Bonchev–Trinajstić information content (AvgIpc) is 0.805. The van der Waals surface area contributed by atoms with Crippen LogP contribution in [0.25, 0.3) is 85.1 Å². The molecular formula is C110H144O16. The Kier molecular flexibility index (Phi) is 45.6. The van der Waals surface area contributed by atoms with Crippen molar-refractivity contribution in [3.05, 3.63) is 187 Å². The summed E-state index contributed by atoms with van der Waals surface area (Å²) in [4.78, 5) is 0. The van der Waals surface area contributed by atoms with Gasteiger partial charge in [0.05, 0.1) is 106 Å². The second-order valence-corrected chi connectivity index (χ2v) is 30.9. The summed E-state index contributed by atoms with van der Waals surface area (Å²) in [6.07, 6.45) is 42.6. The van der Waals surface area contributed by atoms with Gasteiger partial charge in [0, 0.05) is 77.9 Å². The third-order valence-electron chi connectivity index (χ3n) is 19.3. The van der Waals surface area contributed by atoms with Crippen molar-refractivity contribution in [2.24, 2.45) is 0 Å². The zero-order chi connectivity index (χ0) is 89.9. The average molecular weight is 1720 g/mol. The number of ether oxygens (including phenoxy) is 16. The molecule has 0 radical (unpaired) electrons. The van der Waals surface area contributed by atoms with Crippen LogP contribution < -0.4 is 75.8 Å². The third-order valence-corrected chi connectivity index (χ3v) is 19.3. The largest absolute Gasteiger partial charge is 0.494 e. The fourth-order valence-electron chi connectivity index (χ4n) is 13.0. The molecule has 16 heteroatoms. The van der Waals surface area contributed by atoms with E-state index in [1.54, 1.807) is 0 Å². The Balaban J connectivity index is 1.17. The van der Waals surface area contributed by atoms with Gasteiger partial charge >= 0.3 is 0 Å². The van der Waals surface area contributed by atoms with Crippen LogP contribution in [0.4, 0.5) is 0 Å². The molecule has 8 aromatic carbocycles. The molecule has 0 aromatic heterocycles. The van der Waals surface area contributed by atoms with Gasteiger partial charge in [-0.1, -0.05) is 196 Å². The topological polar surface area (TPSA) is 148 Å². The molecule has 0 aliphatic heterocycles. The molecule has 0 spiro atoms. The summed E-state index contributed by atoms with van der Waals surface area (Å²) in [6, 6.07) is 36.9. The number of hydrogen-bond donors (Lipinski definition) is 0. The summed E-state index contributed by atoms with van der Waals surface area (Å²) >= 11 is 0. The second kappa shape index (κ2) is 57.4. The van der Waals surface area contributed by atoms with Crippen LogP contribution in [0.1, 0.15) is 291 Å². The molecule has 0 aliphatic carbocycles. The molecule has 0 aliphatic rings. The minimum atomic E-state index is 0.502. The smallest absolute Gasteiger partial charge is 0.127 e. The summed E-state index contributed by atoms with van der Waals surface area (Å²) in [5, 5.41) is 0. The maximum absolute atomic E-state index is 6.69. The van der Waals surface area contributed by atoms with Crippen molar-refractivity contribution in [2.75, 3.05) is 106 Å². The van der Waals surface area contributed by atoms with Crippen LogP contribution >= 0.6 is 0 Å². The Bertz CT molecular complexity index is 4510. The van der Waals surface area contributed by atoms with Crippen molar-refractivity contribution in [1.29, 1.82) is 0 Å². The molecule has 8 aromatic rings. The van der Waals surface area contributed by atoms with Gasteiger partial charge in [0.2, 0.25) is 0 Å². The van der Waals surface area contributed by atoms with Crippen LogP contribution in [0.15, 0.2) is 109 Å². The fourth-order valence-corrected chi connectivity index (χ4v) is 13.0. The van der Waals surface area contributed by atoms with E-state index in [0.717, 1.165) is 227 Å². The molecule has 0 saturated carbocycles. The van der Waals surface area contributed by atoms with E-state index in [2.05, 4.69) is 269 Å². The molecular weight excluding hydrogens is 1580 g/mol. The van der Waals surface area contributed by atoms with Gasteiger partial charge in [0.25, 0.3) is 0 Å². The van der Waals surface area contributed by atoms with Crippen LogP contribution in [-0.2, 0) is 0 Å². The standard InChI is InChI=1S/C110H144O16/c1-17-51-111-95-47-49-97(113-53-19-3)81(67-95)33-35-83-69-101(117-57-23-7)85(71-99(83)115-55-21-5)37-39-87-73-105(121-61-27-11)89(75-103(87)119-59-25-9)41-43-91-77-109(125-65-31-15)93(79-107(91)123-63-29-13)45-46-94-80-108(124-64-30-14)92(78-110(94)126-66-32-16)44-42-90-76-104(120-60-26-10)88(74-106(90)122-62-28-12)40-38-86-72-100(116-56-22-6)84(70-102(86)118-58-24-8)36-34-82-68-96(112-52-18-2)48-50-98(82)114-54-20-4/h33-50,67-80H,17-32,51-66H2,1-16H3/b35-33+,36-34+,39-37+,40-38+,43-41+,44-42+,46-45+. The van der Waals surface area contributed by atoms with Crippen molar-refractivity contribution in [3.63, 3.8) is 0 Å². The van der Waals surface area contributed by atoms with Crippen molar-refractivity contribution in [3.8, 4) is 92.0 Å². The van der Waals surface area contributed by atoms with E-state index in [1.165, 1.54) is 0 Å². The summed E-state index contributed by atoms with van der Waals surface area (Å²) in [7, 11) is 0. The molecule has 0 saturated heterocycles. The van der Waals surface area contributed by atoms with Gasteiger partial charge in [0.1, 0.15) is 92.0 Å². The van der Waals surface area contributed by atoms with Gasteiger partial charge in [-0.3, -0.25) is 0 Å². The zero-order valence-corrected chi connectivity index (χ0v) is 78.6. The van der Waals surface area contributed by atoms with Crippen LogP contribution in [0.2, 0.25) is 0 Å². The monoisotopic (exact) mass is 1720 g/mol. The van der Waals surface area contributed by atoms with Crippen molar-refractivity contribution >= 4 is 85.1 Å². The molecule has 0 atom stereocenters. The van der Waals surface area contributed by atoms with E-state index >= 15 is 0 Å². The van der Waals surface area contributed by atoms with Gasteiger partial charge in [-0.2, -0.15) is 0 Å². The predicted molar refractivity (Wildman–Crippen MR) is 527 cm³/mol. The SMILES string of the molecule is CCCOc1ccc(OCCC)c(/C=C/c2cc(OCCC)c(/C=C/c3cc(OCCC)c(/C=C/c4cc(OCCC)c(/C=C/c5cc(OCCC)c(/C=C/c6cc(OCCC)c(/C=C/c7cc(OCCC)c(/C=C/c8cc(OCCC)ccc8OCCC)cc7OCCC)cc6OCCC)cc5OCCC)cc4OCCC)cc3OCCC)cc2OCCC)c1. The number of rotatable bonds is 62. The van der Waals surface area contributed by atoms with Gasteiger partial charge in [-0.05, 0) is 212 Å². The molecule has 0 fully saturated rings. The van der Waals surface area contributed by atoms with Gasteiger partial charge < -0.3 is 75.8 Å². The normalized spacial score (nSPS) is 11.7. The quantitative estimate of drug-likeness (QED) is 0.0333. The lowest BCUT2D eigenvalue weighted by Crippen LogP contribution is -2.03. The first-order valence-corrected chi connectivity index (χ1v) is 47.0. The second-order valence-electron chi connectivity index (χ2n) is 30.9. The third kappa shape index (κ3) is 32.0. The lowest BCUT2D eigenvalue weighted by Gasteiger charge is -2.17. The minimum absolute atomic E-state index is 0.502. The summed E-state index contributed by atoms with van der Waals surface area (Å²) in [5.41, 5.74) is 12.1. The highest BCUT2D eigenvalue weighted by Crippen LogP contribution is 2.43. The molecule has 8 rings (SSSR count). The first-order valence-electron chi connectivity index (χ1n) is 47.0. The van der Waals surface area contributed by atoms with E-state index in [9.17, 15) is 0 Å². The first kappa shape index (κ1) is 100. The number of benzene rings is 8. The van der Waals surface area contributed by atoms with E-state index in [0.29, 0.717) is 152 Å². The van der Waals surface area contributed by atoms with E-state index in [-0.39, 0.29) is 0 Å². The van der Waals surface area contributed by atoms with Gasteiger partial charge in [0.15, 0.2) is 0 Å². The van der Waals surface area contributed by atoms with Gasteiger partial charge in [-0.25, -0.2) is 0 Å². The van der Waals surface area contributed by atoms with Crippen molar-refractivity contribution in [1.82, 2.24) is 0 Å². The molecule has 0 amide bonds. The van der Waals surface area contributed by atoms with Crippen LogP contribution in [0, 0.1) is 0 Å². The zero-order valence-electron chi connectivity index (χ0n) is 78.6. The van der Waals surface area contributed by atoms with E-state index in [1.807, 2.05) is 36.4 Å². The Morgan fingerprint density at radius 1 is 0.127 bits per heavy atom. The van der Waals surface area contributed by atoms with Crippen LogP contribution in [-0.4, -0.2) is 106 Å². The Morgan fingerprint density at radius 2 is 0.230 bits per heavy atom. The van der Waals surface area contributed by atoms with Gasteiger partial charge in [-0.15, -0.1) is 0 Å². The maximum Gasteiger partial charge on any atom is 0.127 e. The molecule has 16 nitrogen and oxygen atoms in total. The highest BCUT2D eigenvalue weighted by molar-refractivity contribution is 5.87. The summed E-state index contributed by atoms with van der Waals surface area (Å²) in [6.45, 7) is 42.5. The molecule has 0 bridgehead atoms. The lowest BCUT2D eigenvalue weighted by atomic mass is 10.0. The molecule has 0 unspecified atom stereocenters. The first-order chi connectivity index (χ1) is 61.8. The van der Waals surface area contributed by atoms with Crippen molar-refractivity contribution in [2.45, 2.75) is 214 Å². The minimum Gasteiger partial charge on any atom is -0.494 e. The Morgan fingerprint density at radius 3 is 0.349 bits per heavy atom. The van der Waals surface area contributed by atoms with E-state index in [4.69, 9.17) is 75.8 Å². The Hall–Kier alpha value is -11.3. The molecule has 0 heterocycles. The Labute approximate surface area is 754 Å². The summed E-state index contributed by atoms with van der Waals surface area (Å²) in [5.74, 6) is 11.8. The summed E-state index contributed by atoms with van der Waals surface area (Å²) < 4.78 is 104. The molecule has 680 valence electrons. The van der Waals surface area contributed by atoms with Crippen LogP contribution in [0.3, 0.4) is 0 Å². The lowest BCUT2D eigenvalue weighted by molar-refractivity contribution is 0.307. The maximum atomic E-state index is 6.69. The fraction of sp³-hybridized carbons (Fsp3) is 0.436. The number of hydrogen-bond acceptors (Lipinski definition) is 16. The van der Waals surface area contributed by atoms with Crippen molar-refractivity contribution < 1.29 is 75.8 Å². The highest BCUT2D eigenvalue weighted by Gasteiger charge is 2.21. The molecule has 126 heavy (non-hydrogen) atoms. The van der Waals surface area contributed by atoms with Crippen LogP contribution in [0.5, 0.6) is 92.0 Å². The highest BCUT2D eigenvalue weighted by atomic mass is 16.5. The predicted octanol–water partition coefficient (Wildman–Crippen LogP) is 29.5. The van der Waals surface area contributed by atoms with E-state index < -0.39 is 0 Å².